The molecular weight excluding hydrogens is 527 g/mol. The first kappa shape index (κ1) is 25.1. The van der Waals surface area contributed by atoms with E-state index in [1.807, 2.05) is 77.3 Å². The Morgan fingerprint density at radius 3 is 2.45 bits per heavy atom. The van der Waals surface area contributed by atoms with E-state index in [4.69, 9.17) is 16.7 Å². The van der Waals surface area contributed by atoms with Gasteiger partial charge in [0.15, 0.2) is 17.1 Å². The lowest BCUT2D eigenvalue weighted by atomic mass is 9.99. The average Bonchev–Trinajstić information content (AvgIpc) is 3.62. The van der Waals surface area contributed by atoms with Crippen LogP contribution in [0.3, 0.4) is 0 Å². The number of ketones is 1. The van der Waals surface area contributed by atoms with Gasteiger partial charge in [-0.2, -0.15) is 5.10 Å². The Kier molecular flexibility index (Phi) is 6.10. The molecule has 42 heavy (non-hydrogen) atoms. The maximum Gasteiger partial charge on any atom is 0.187 e. The number of carbonyl (C=O) groups is 1. The standard InChI is InChI=1S/C34H21FN6O/c1-36-27-9-5-7-24(19-27)23-6-4-8-25(18-23)30(42)20-28-21-41-32(37-28)16-15-29(39-41)34-33(22-11-13-26(35)14-12-22)38-31-10-2-3-17-40(31)34/h2-19,21H,20H2. The molecule has 0 N–H and O–H groups in total. The minimum absolute atomic E-state index is 0.0674. The van der Waals surface area contributed by atoms with Gasteiger partial charge >= 0.3 is 0 Å². The summed E-state index contributed by atoms with van der Waals surface area (Å²) in [5.74, 6) is -0.382. The Labute approximate surface area is 240 Å². The number of Topliss-reactive ketones (excluding diaryl/α,β-unsaturated/α-hetero) is 1. The summed E-state index contributed by atoms with van der Waals surface area (Å²) in [5.41, 5.74) is 7.72. The fourth-order valence-electron chi connectivity index (χ4n) is 5.09. The predicted octanol–water partition coefficient (Wildman–Crippen LogP) is 7.49. The van der Waals surface area contributed by atoms with Crippen molar-refractivity contribution in [2.75, 3.05) is 0 Å². The quantitative estimate of drug-likeness (QED) is 0.159. The molecule has 0 saturated heterocycles. The van der Waals surface area contributed by atoms with Crippen molar-refractivity contribution in [3.8, 4) is 33.8 Å². The van der Waals surface area contributed by atoms with Gasteiger partial charge in [0.25, 0.3) is 0 Å². The second-order valence-electron chi connectivity index (χ2n) is 9.84. The summed E-state index contributed by atoms with van der Waals surface area (Å²) in [6.45, 7) is 7.27. The van der Waals surface area contributed by atoms with E-state index in [1.165, 1.54) is 12.1 Å². The minimum Gasteiger partial charge on any atom is -0.298 e. The molecule has 0 radical (unpaired) electrons. The predicted molar refractivity (Wildman–Crippen MR) is 159 cm³/mol. The van der Waals surface area contributed by atoms with Crippen LogP contribution in [-0.2, 0) is 6.42 Å². The van der Waals surface area contributed by atoms with Crippen LogP contribution in [0.4, 0.5) is 10.1 Å². The van der Waals surface area contributed by atoms with Crippen molar-refractivity contribution in [2.24, 2.45) is 0 Å². The highest BCUT2D eigenvalue weighted by atomic mass is 19.1. The molecule has 7 aromatic rings. The summed E-state index contributed by atoms with van der Waals surface area (Å²) in [6, 6.07) is 30.5. The smallest absolute Gasteiger partial charge is 0.187 e. The Balaban J connectivity index is 1.21. The molecule has 8 heteroatoms. The molecule has 0 bridgehead atoms. The molecule has 0 aliphatic heterocycles. The molecule has 7 rings (SSSR count). The molecule has 0 atom stereocenters. The van der Waals surface area contributed by atoms with Crippen LogP contribution in [0.5, 0.6) is 0 Å². The van der Waals surface area contributed by atoms with Crippen LogP contribution in [0, 0.1) is 12.4 Å². The highest BCUT2D eigenvalue weighted by Gasteiger charge is 2.19. The molecular formula is C34H21FN6O. The number of fused-ring (bicyclic) bond motifs is 2. The van der Waals surface area contributed by atoms with Gasteiger partial charge in [0.05, 0.1) is 30.6 Å². The summed E-state index contributed by atoms with van der Waals surface area (Å²) >= 11 is 0. The van der Waals surface area contributed by atoms with Gasteiger partial charge in [-0.25, -0.2) is 23.7 Å². The van der Waals surface area contributed by atoms with Crippen molar-refractivity contribution in [3.63, 3.8) is 0 Å². The zero-order valence-corrected chi connectivity index (χ0v) is 22.1. The minimum atomic E-state index is -0.315. The molecule has 0 unspecified atom stereocenters. The number of benzene rings is 3. The summed E-state index contributed by atoms with van der Waals surface area (Å²) in [6.07, 6.45) is 3.79. The second kappa shape index (κ2) is 10.2. The average molecular weight is 549 g/mol. The molecule has 0 spiro atoms. The fourth-order valence-corrected chi connectivity index (χ4v) is 5.09. The number of halogens is 1. The Morgan fingerprint density at radius 1 is 0.810 bits per heavy atom. The third kappa shape index (κ3) is 4.59. The maximum absolute atomic E-state index is 13.6. The molecule has 0 aliphatic rings. The van der Waals surface area contributed by atoms with E-state index in [9.17, 15) is 9.18 Å². The van der Waals surface area contributed by atoms with Crippen LogP contribution >= 0.6 is 0 Å². The number of hydrogen-bond donors (Lipinski definition) is 0. The lowest BCUT2D eigenvalue weighted by Crippen LogP contribution is -2.04. The number of pyridine rings is 1. The van der Waals surface area contributed by atoms with Crippen molar-refractivity contribution in [3.05, 3.63) is 144 Å². The Morgan fingerprint density at radius 2 is 1.62 bits per heavy atom. The van der Waals surface area contributed by atoms with Crippen molar-refractivity contribution < 1.29 is 9.18 Å². The van der Waals surface area contributed by atoms with Gasteiger partial charge in [0, 0.05) is 17.3 Å². The third-order valence-corrected chi connectivity index (χ3v) is 7.09. The highest BCUT2D eigenvalue weighted by Crippen LogP contribution is 2.32. The molecule has 3 aromatic carbocycles. The van der Waals surface area contributed by atoms with Crippen molar-refractivity contribution in [1.82, 2.24) is 24.0 Å². The second-order valence-corrected chi connectivity index (χ2v) is 9.84. The number of rotatable bonds is 6. The van der Waals surface area contributed by atoms with Crippen LogP contribution in [-0.4, -0.2) is 29.8 Å². The van der Waals surface area contributed by atoms with Crippen LogP contribution < -0.4 is 0 Å². The normalized spacial score (nSPS) is 11.1. The summed E-state index contributed by atoms with van der Waals surface area (Å²) in [5, 5.41) is 4.83. The zero-order valence-electron chi connectivity index (χ0n) is 22.1. The van der Waals surface area contributed by atoms with E-state index in [-0.39, 0.29) is 18.0 Å². The largest absolute Gasteiger partial charge is 0.298 e. The molecule has 7 nitrogen and oxygen atoms in total. The van der Waals surface area contributed by atoms with Gasteiger partial charge in [-0.05, 0) is 71.8 Å². The number of hydrogen-bond acceptors (Lipinski definition) is 4. The van der Waals surface area contributed by atoms with Crippen molar-refractivity contribution >= 4 is 22.8 Å². The van der Waals surface area contributed by atoms with Gasteiger partial charge in [0.1, 0.15) is 22.9 Å². The number of aromatic nitrogens is 5. The van der Waals surface area contributed by atoms with Gasteiger partial charge in [-0.1, -0.05) is 42.5 Å². The number of carbonyl (C=O) groups excluding carboxylic acids is 1. The summed E-state index contributed by atoms with van der Waals surface area (Å²) in [4.78, 5) is 26.2. The maximum atomic E-state index is 13.6. The topological polar surface area (TPSA) is 68.9 Å². The molecule has 0 aliphatic carbocycles. The molecule has 4 heterocycles. The van der Waals surface area contributed by atoms with E-state index >= 15 is 0 Å². The summed E-state index contributed by atoms with van der Waals surface area (Å²) < 4.78 is 17.3. The number of nitrogens with zero attached hydrogens (tertiary/aromatic N) is 6. The molecule has 0 saturated carbocycles. The van der Waals surface area contributed by atoms with Crippen LogP contribution in [0.15, 0.2) is 116 Å². The van der Waals surface area contributed by atoms with Gasteiger partial charge in [-0.3, -0.25) is 9.20 Å². The molecule has 0 fully saturated rings. The van der Waals surface area contributed by atoms with E-state index in [0.29, 0.717) is 34.0 Å². The van der Waals surface area contributed by atoms with E-state index in [0.717, 1.165) is 28.0 Å². The molecule has 0 amide bonds. The lowest BCUT2D eigenvalue weighted by Gasteiger charge is -2.05. The van der Waals surface area contributed by atoms with E-state index in [1.54, 1.807) is 35.0 Å². The lowest BCUT2D eigenvalue weighted by molar-refractivity contribution is 0.0992. The van der Waals surface area contributed by atoms with Crippen LogP contribution in [0.1, 0.15) is 16.1 Å². The van der Waals surface area contributed by atoms with Crippen LogP contribution in [0.2, 0.25) is 0 Å². The van der Waals surface area contributed by atoms with Crippen molar-refractivity contribution in [1.29, 1.82) is 0 Å². The molecule has 4 aromatic heterocycles. The summed E-state index contributed by atoms with van der Waals surface area (Å²) in [7, 11) is 0. The highest BCUT2D eigenvalue weighted by molar-refractivity contribution is 5.98. The Hall–Kier alpha value is -5.94. The monoisotopic (exact) mass is 548 g/mol. The fraction of sp³-hybridized carbons (Fsp3) is 0.0294. The molecule has 200 valence electrons. The first-order valence-corrected chi connectivity index (χ1v) is 13.3. The SMILES string of the molecule is [C-]#[N+]c1cccc(-c2cccc(C(=O)Cc3cn4nc(-c5c(-c6ccc(F)cc6)nc6ccccn56)ccc4n3)c2)c1. The van der Waals surface area contributed by atoms with Gasteiger partial charge < -0.3 is 0 Å². The van der Waals surface area contributed by atoms with E-state index < -0.39 is 0 Å². The van der Waals surface area contributed by atoms with Crippen molar-refractivity contribution in [2.45, 2.75) is 6.42 Å². The van der Waals surface area contributed by atoms with Gasteiger partial charge in [0.2, 0.25) is 0 Å². The zero-order chi connectivity index (χ0) is 28.6. The first-order valence-electron chi connectivity index (χ1n) is 13.3. The first-order chi connectivity index (χ1) is 20.6. The van der Waals surface area contributed by atoms with Crippen LogP contribution in [0.25, 0.3) is 49.9 Å². The van der Waals surface area contributed by atoms with E-state index in [2.05, 4.69) is 9.83 Å². The Bertz CT molecular complexity index is 2170. The third-order valence-electron chi connectivity index (χ3n) is 7.09. The van der Waals surface area contributed by atoms with Gasteiger partial charge in [-0.15, -0.1) is 0 Å². The number of imidazole rings is 2.